The fourth-order valence-corrected chi connectivity index (χ4v) is 2.19. The highest BCUT2D eigenvalue weighted by Crippen LogP contribution is 2.19. The summed E-state index contributed by atoms with van der Waals surface area (Å²) in [5.41, 5.74) is 2.35. The van der Waals surface area contributed by atoms with Crippen molar-refractivity contribution in [2.45, 2.75) is 20.0 Å². The second kappa shape index (κ2) is 6.92. The average Bonchev–Trinajstić information content (AvgIpc) is 3.09. The Bertz CT molecular complexity index is 776. The molecule has 1 aromatic heterocycles. The summed E-state index contributed by atoms with van der Waals surface area (Å²) in [6.07, 6.45) is 2.10. The molecule has 0 saturated carbocycles. The van der Waals surface area contributed by atoms with Gasteiger partial charge >= 0.3 is 0 Å². The van der Waals surface area contributed by atoms with Crippen LogP contribution in [0, 0.1) is 0 Å². The normalized spacial score (nSPS) is 10.5. The van der Waals surface area contributed by atoms with Crippen LogP contribution in [0.2, 0.25) is 0 Å². The maximum absolute atomic E-state index is 11.6. The number of Topliss-reactive ketones (excluding diaryl/α,β-unsaturated/α-hetero) is 1. The van der Waals surface area contributed by atoms with Crippen LogP contribution in [0.5, 0.6) is 5.75 Å². The summed E-state index contributed by atoms with van der Waals surface area (Å²) >= 11 is 0. The number of hydrogen-bond donors (Lipinski definition) is 0. The van der Waals surface area contributed by atoms with Crippen LogP contribution in [0.4, 0.5) is 0 Å². The molecule has 0 radical (unpaired) electrons. The van der Waals surface area contributed by atoms with E-state index in [0.29, 0.717) is 30.2 Å². The second-order valence-corrected chi connectivity index (χ2v) is 5.10. The first-order chi connectivity index (χ1) is 11.3. The molecule has 2 aromatic carbocycles. The quantitative estimate of drug-likeness (QED) is 0.629. The summed E-state index contributed by atoms with van der Waals surface area (Å²) in [7, 11) is 0. The Morgan fingerprint density at radius 1 is 1.09 bits per heavy atom. The van der Waals surface area contributed by atoms with Gasteiger partial charge in [-0.05, 0) is 36.4 Å². The van der Waals surface area contributed by atoms with E-state index in [-0.39, 0.29) is 5.78 Å². The van der Waals surface area contributed by atoms with Crippen LogP contribution < -0.4 is 4.74 Å². The Balaban J connectivity index is 1.63. The molecule has 4 heteroatoms. The molecule has 0 N–H and O–H groups in total. The number of nitrogens with zero attached hydrogens (tertiary/aromatic N) is 1. The molecule has 4 nitrogen and oxygen atoms in total. The van der Waals surface area contributed by atoms with E-state index >= 15 is 0 Å². The molecular formula is C19H17NO3. The monoisotopic (exact) mass is 307 g/mol. The van der Waals surface area contributed by atoms with Crippen molar-refractivity contribution in [2.24, 2.45) is 0 Å². The number of oxazole rings is 1. The fraction of sp³-hybridized carbons (Fsp3) is 0.158. The number of hydrogen-bond acceptors (Lipinski definition) is 4. The lowest BCUT2D eigenvalue weighted by atomic mass is 10.1. The van der Waals surface area contributed by atoms with Gasteiger partial charge in [0.05, 0.1) is 0 Å². The van der Waals surface area contributed by atoms with E-state index in [2.05, 4.69) is 4.98 Å². The molecule has 23 heavy (non-hydrogen) atoms. The lowest BCUT2D eigenvalue weighted by Crippen LogP contribution is -1.98. The lowest BCUT2D eigenvalue weighted by Gasteiger charge is -2.04. The molecule has 3 aromatic rings. The summed E-state index contributed by atoms with van der Waals surface area (Å²) in [4.78, 5) is 16.0. The minimum Gasteiger partial charge on any atom is -0.487 e. The van der Waals surface area contributed by atoms with Gasteiger partial charge in [-0.25, -0.2) is 4.98 Å². The van der Waals surface area contributed by atoms with E-state index in [1.807, 2.05) is 37.3 Å². The molecule has 0 saturated heterocycles. The van der Waals surface area contributed by atoms with E-state index < -0.39 is 0 Å². The van der Waals surface area contributed by atoms with Gasteiger partial charge in [-0.2, -0.15) is 0 Å². The lowest BCUT2D eigenvalue weighted by molar-refractivity contribution is 0.0988. The van der Waals surface area contributed by atoms with Gasteiger partial charge in [-0.1, -0.05) is 25.1 Å². The predicted octanol–water partition coefficient (Wildman–Crippen LogP) is 4.51. The van der Waals surface area contributed by atoms with Crippen LogP contribution in [-0.4, -0.2) is 10.8 Å². The van der Waals surface area contributed by atoms with Crippen LogP contribution >= 0.6 is 0 Å². The zero-order valence-electron chi connectivity index (χ0n) is 12.9. The number of carbonyl (C=O) groups is 1. The predicted molar refractivity (Wildman–Crippen MR) is 87.3 cm³/mol. The number of ketones is 1. The van der Waals surface area contributed by atoms with Crippen LogP contribution in [-0.2, 0) is 6.61 Å². The van der Waals surface area contributed by atoms with E-state index in [0.717, 1.165) is 11.3 Å². The number of aromatic nitrogens is 1. The molecule has 0 amide bonds. The Morgan fingerprint density at radius 2 is 1.83 bits per heavy atom. The smallest absolute Gasteiger partial charge is 0.226 e. The first-order valence-electron chi connectivity index (χ1n) is 7.52. The second-order valence-electron chi connectivity index (χ2n) is 5.10. The van der Waals surface area contributed by atoms with Crippen molar-refractivity contribution in [2.75, 3.05) is 0 Å². The standard InChI is InChI=1S/C19H17NO3/c1-2-18(21)14-8-10-17(11-9-14)22-12-16-13-23-19(20-16)15-6-4-3-5-7-15/h3-11,13H,2,12H2,1H3. The summed E-state index contributed by atoms with van der Waals surface area (Å²) in [5.74, 6) is 1.40. The Kier molecular flexibility index (Phi) is 4.52. The molecule has 116 valence electrons. The summed E-state index contributed by atoms with van der Waals surface area (Å²) in [5, 5.41) is 0. The van der Waals surface area contributed by atoms with Gasteiger partial charge in [0.25, 0.3) is 0 Å². The SMILES string of the molecule is CCC(=O)c1ccc(OCc2coc(-c3ccccc3)n2)cc1. The zero-order chi connectivity index (χ0) is 16.1. The van der Waals surface area contributed by atoms with Gasteiger partial charge < -0.3 is 9.15 Å². The van der Waals surface area contributed by atoms with Crippen molar-refractivity contribution < 1.29 is 13.9 Å². The van der Waals surface area contributed by atoms with Crippen molar-refractivity contribution in [1.29, 1.82) is 0 Å². The van der Waals surface area contributed by atoms with Gasteiger partial charge in [0.2, 0.25) is 5.89 Å². The van der Waals surface area contributed by atoms with Gasteiger partial charge in [-0.3, -0.25) is 4.79 Å². The van der Waals surface area contributed by atoms with Gasteiger partial charge in [0, 0.05) is 17.5 Å². The average molecular weight is 307 g/mol. The van der Waals surface area contributed by atoms with E-state index in [1.165, 1.54) is 0 Å². The minimum absolute atomic E-state index is 0.126. The third-order valence-corrected chi connectivity index (χ3v) is 3.46. The van der Waals surface area contributed by atoms with E-state index in [4.69, 9.17) is 9.15 Å². The van der Waals surface area contributed by atoms with Crippen LogP contribution in [0.25, 0.3) is 11.5 Å². The van der Waals surface area contributed by atoms with Gasteiger partial charge in [0.15, 0.2) is 5.78 Å². The molecule has 0 aliphatic rings. The fourth-order valence-electron chi connectivity index (χ4n) is 2.19. The number of rotatable bonds is 6. The van der Waals surface area contributed by atoms with Gasteiger partial charge in [0.1, 0.15) is 24.3 Å². The molecule has 0 aliphatic heterocycles. The Morgan fingerprint density at radius 3 is 2.52 bits per heavy atom. The summed E-state index contributed by atoms with van der Waals surface area (Å²) in [6.45, 7) is 2.17. The van der Waals surface area contributed by atoms with E-state index in [9.17, 15) is 4.79 Å². The molecule has 0 aliphatic carbocycles. The van der Waals surface area contributed by atoms with Crippen molar-refractivity contribution in [3.63, 3.8) is 0 Å². The van der Waals surface area contributed by atoms with Crippen LogP contribution in [0.3, 0.4) is 0 Å². The van der Waals surface area contributed by atoms with Crippen LogP contribution in [0.1, 0.15) is 29.4 Å². The van der Waals surface area contributed by atoms with Gasteiger partial charge in [-0.15, -0.1) is 0 Å². The molecular weight excluding hydrogens is 290 g/mol. The molecule has 0 atom stereocenters. The maximum Gasteiger partial charge on any atom is 0.226 e. The van der Waals surface area contributed by atoms with Crippen molar-refractivity contribution in [3.05, 3.63) is 72.1 Å². The zero-order valence-corrected chi connectivity index (χ0v) is 12.9. The largest absolute Gasteiger partial charge is 0.487 e. The number of carbonyl (C=O) groups excluding carboxylic acids is 1. The Labute approximate surface area is 134 Å². The molecule has 3 rings (SSSR count). The maximum atomic E-state index is 11.6. The molecule has 1 heterocycles. The van der Waals surface area contributed by atoms with Crippen molar-refractivity contribution in [3.8, 4) is 17.2 Å². The Hall–Kier alpha value is -2.88. The van der Waals surface area contributed by atoms with Crippen molar-refractivity contribution in [1.82, 2.24) is 4.98 Å². The van der Waals surface area contributed by atoms with Crippen LogP contribution in [0.15, 0.2) is 65.3 Å². The first kappa shape index (κ1) is 15.0. The highest BCUT2D eigenvalue weighted by molar-refractivity contribution is 5.95. The third kappa shape index (κ3) is 3.66. The minimum atomic E-state index is 0.126. The summed E-state index contributed by atoms with van der Waals surface area (Å²) in [6, 6.07) is 16.9. The number of benzene rings is 2. The van der Waals surface area contributed by atoms with E-state index in [1.54, 1.807) is 30.5 Å². The summed E-state index contributed by atoms with van der Waals surface area (Å²) < 4.78 is 11.1. The van der Waals surface area contributed by atoms with Crippen molar-refractivity contribution >= 4 is 5.78 Å². The topological polar surface area (TPSA) is 52.3 Å². The first-order valence-corrected chi connectivity index (χ1v) is 7.52. The highest BCUT2D eigenvalue weighted by atomic mass is 16.5. The molecule has 0 fully saturated rings. The molecule has 0 bridgehead atoms. The number of ether oxygens (including phenoxy) is 1. The molecule has 0 unspecified atom stereocenters. The molecule has 0 spiro atoms. The highest BCUT2D eigenvalue weighted by Gasteiger charge is 2.07. The third-order valence-electron chi connectivity index (χ3n) is 3.46.